The highest BCUT2D eigenvalue weighted by Gasteiger charge is 2.11. The second kappa shape index (κ2) is 6.29. The molecule has 2 rings (SSSR count). The van der Waals surface area contributed by atoms with Crippen LogP contribution in [0.5, 0.6) is 0 Å². The number of pyridine rings is 1. The number of aromatic nitrogens is 1. The van der Waals surface area contributed by atoms with Gasteiger partial charge in [0, 0.05) is 30.5 Å². The highest BCUT2D eigenvalue weighted by atomic mass is 19.1. The molecule has 0 fully saturated rings. The molecule has 1 heterocycles. The molecule has 0 aliphatic carbocycles. The van der Waals surface area contributed by atoms with Crippen LogP contribution < -0.4 is 5.73 Å². The summed E-state index contributed by atoms with van der Waals surface area (Å²) in [6, 6.07) is 10.6. The number of nitrogens with zero attached hydrogens (tertiary/aromatic N) is 2. The molecule has 4 heteroatoms. The molecule has 2 N–H and O–H groups in total. The lowest BCUT2D eigenvalue weighted by atomic mass is 10.1. The summed E-state index contributed by atoms with van der Waals surface area (Å²) in [5, 5.41) is 0. The van der Waals surface area contributed by atoms with Crippen LogP contribution >= 0.6 is 0 Å². The van der Waals surface area contributed by atoms with Gasteiger partial charge in [0.05, 0.1) is 5.69 Å². The number of halogens is 1. The fourth-order valence-corrected chi connectivity index (χ4v) is 1.97. The van der Waals surface area contributed by atoms with Crippen LogP contribution in [0.3, 0.4) is 0 Å². The van der Waals surface area contributed by atoms with E-state index in [9.17, 15) is 4.39 Å². The molecule has 100 valence electrons. The summed E-state index contributed by atoms with van der Waals surface area (Å²) < 4.78 is 13.8. The van der Waals surface area contributed by atoms with Crippen molar-refractivity contribution >= 4 is 5.69 Å². The van der Waals surface area contributed by atoms with Crippen molar-refractivity contribution in [1.29, 1.82) is 0 Å². The SMILES string of the molecule is CCN(Cc1ccccn1)Cc1c(N)cccc1F. The Labute approximate surface area is 112 Å². The Hall–Kier alpha value is -1.94. The standard InChI is InChI=1S/C15H18FN3/c1-2-19(10-12-6-3-4-9-18-12)11-13-14(16)7-5-8-15(13)17/h3-9H,2,10-11,17H2,1H3. The second-order valence-corrected chi connectivity index (χ2v) is 4.43. The van der Waals surface area contributed by atoms with Crippen molar-refractivity contribution in [2.24, 2.45) is 0 Å². The molecule has 3 nitrogen and oxygen atoms in total. The summed E-state index contributed by atoms with van der Waals surface area (Å²) in [5.74, 6) is -0.250. The Morgan fingerprint density at radius 1 is 1.16 bits per heavy atom. The zero-order valence-electron chi connectivity index (χ0n) is 11.0. The molecule has 0 radical (unpaired) electrons. The third-order valence-corrected chi connectivity index (χ3v) is 3.10. The Kier molecular flexibility index (Phi) is 4.47. The second-order valence-electron chi connectivity index (χ2n) is 4.43. The number of rotatable bonds is 5. The fraction of sp³-hybridized carbons (Fsp3) is 0.267. The van der Waals surface area contributed by atoms with E-state index in [4.69, 9.17) is 5.73 Å². The minimum atomic E-state index is -0.250. The van der Waals surface area contributed by atoms with Gasteiger partial charge in [0.25, 0.3) is 0 Å². The van der Waals surface area contributed by atoms with Gasteiger partial charge in [-0.2, -0.15) is 0 Å². The van der Waals surface area contributed by atoms with Crippen molar-refractivity contribution in [3.63, 3.8) is 0 Å². The quantitative estimate of drug-likeness (QED) is 0.840. The van der Waals surface area contributed by atoms with Crippen LogP contribution in [0.25, 0.3) is 0 Å². The highest BCUT2D eigenvalue weighted by Crippen LogP contribution is 2.18. The van der Waals surface area contributed by atoms with Crippen LogP contribution in [0, 0.1) is 5.82 Å². The summed E-state index contributed by atoms with van der Waals surface area (Å²) in [4.78, 5) is 6.39. The lowest BCUT2D eigenvalue weighted by Gasteiger charge is -2.21. The van der Waals surface area contributed by atoms with E-state index in [0.717, 1.165) is 12.2 Å². The van der Waals surface area contributed by atoms with E-state index in [1.807, 2.05) is 25.1 Å². The lowest BCUT2D eigenvalue weighted by Crippen LogP contribution is -2.24. The fourth-order valence-electron chi connectivity index (χ4n) is 1.97. The van der Waals surface area contributed by atoms with Gasteiger partial charge in [-0.15, -0.1) is 0 Å². The van der Waals surface area contributed by atoms with Crippen LogP contribution in [0.15, 0.2) is 42.6 Å². The molecule has 0 saturated heterocycles. The van der Waals surface area contributed by atoms with Gasteiger partial charge in [-0.25, -0.2) is 4.39 Å². The summed E-state index contributed by atoms with van der Waals surface area (Å²) in [7, 11) is 0. The number of nitrogens with two attached hydrogens (primary N) is 1. The molecule has 0 bridgehead atoms. The van der Waals surface area contributed by atoms with Gasteiger partial charge in [0.15, 0.2) is 0 Å². The van der Waals surface area contributed by atoms with Gasteiger partial charge in [0.2, 0.25) is 0 Å². The molecule has 0 aliphatic heterocycles. The van der Waals surface area contributed by atoms with Gasteiger partial charge < -0.3 is 5.73 Å². The first kappa shape index (κ1) is 13.5. The monoisotopic (exact) mass is 259 g/mol. The predicted molar refractivity (Wildman–Crippen MR) is 74.8 cm³/mol. The van der Waals surface area contributed by atoms with Gasteiger partial charge in [-0.3, -0.25) is 9.88 Å². The summed E-state index contributed by atoms with van der Waals surface area (Å²) in [5.41, 5.74) is 7.86. The number of nitrogen functional groups attached to an aromatic ring is 1. The van der Waals surface area contributed by atoms with Crippen molar-refractivity contribution in [2.75, 3.05) is 12.3 Å². The minimum Gasteiger partial charge on any atom is -0.398 e. The van der Waals surface area contributed by atoms with Crippen LogP contribution in [-0.2, 0) is 13.1 Å². The average Bonchev–Trinajstić information content (AvgIpc) is 2.43. The molecular formula is C15H18FN3. The maximum absolute atomic E-state index is 13.8. The Balaban J connectivity index is 2.11. The van der Waals surface area contributed by atoms with Gasteiger partial charge in [-0.1, -0.05) is 19.1 Å². The summed E-state index contributed by atoms with van der Waals surface area (Å²) in [6.07, 6.45) is 1.76. The largest absolute Gasteiger partial charge is 0.398 e. The lowest BCUT2D eigenvalue weighted by molar-refractivity contribution is 0.265. The Morgan fingerprint density at radius 3 is 2.63 bits per heavy atom. The van der Waals surface area contributed by atoms with E-state index >= 15 is 0 Å². The van der Waals surface area contributed by atoms with Gasteiger partial charge in [-0.05, 0) is 30.8 Å². The first-order valence-electron chi connectivity index (χ1n) is 6.36. The number of anilines is 1. The number of hydrogen-bond donors (Lipinski definition) is 1. The molecule has 0 amide bonds. The Bertz CT molecular complexity index is 508. The first-order chi connectivity index (χ1) is 9.20. The molecule has 0 unspecified atom stereocenters. The van der Waals surface area contributed by atoms with E-state index in [0.29, 0.717) is 24.3 Å². The molecule has 0 atom stereocenters. The molecule has 1 aromatic heterocycles. The van der Waals surface area contributed by atoms with E-state index in [1.165, 1.54) is 6.07 Å². The molecular weight excluding hydrogens is 241 g/mol. The summed E-state index contributed by atoms with van der Waals surface area (Å²) in [6.45, 7) is 4.03. The van der Waals surface area contributed by atoms with E-state index in [-0.39, 0.29) is 5.82 Å². The predicted octanol–water partition coefficient (Wildman–Crippen LogP) is 2.83. The van der Waals surface area contributed by atoms with Crippen molar-refractivity contribution in [3.05, 3.63) is 59.7 Å². The molecule has 19 heavy (non-hydrogen) atoms. The first-order valence-corrected chi connectivity index (χ1v) is 6.36. The molecule has 0 aliphatic rings. The maximum atomic E-state index is 13.8. The number of benzene rings is 1. The van der Waals surface area contributed by atoms with Crippen LogP contribution in [0.1, 0.15) is 18.2 Å². The van der Waals surface area contributed by atoms with Crippen molar-refractivity contribution in [1.82, 2.24) is 9.88 Å². The summed E-state index contributed by atoms with van der Waals surface area (Å²) >= 11 is 0. The van der Waals surface area contributed by atoms with E-state index in [1.54, 1.807) is 18.3 Å². The van der Waals surface area contributed by atoms with Crippen LogP contribution in [0.4, 0.5) is 10.1 Å². The highest BCUT2D eigenvalue weighted by molar-refractivity contribution is 5.47. The maximum Gasteiger partial charge on any atom is 0.129 e. The zero-order chi connectivity index (χ0) is 13.7. The van der Waals surface area contributed by atoms with Crippen LogP contribution in [-0.4, -0.2) is 16.4 Å². The third kappa shape index (κ3) is 3.51. The zero-order valence-corrected chi connectivity index (χ0v) is 11.0. The van der Waals surface area contributed by atoms with Gasteiger partial charge >= 0.3 is 0 Å². The van der Waals surface area contributed by atoms with Crippen molar-refractivity contribution in [2.45, 2.75) is 20.0 Å². The van der Waals surface area contributed by atoms with E-state index in [2.05, 4.69) is 9.88 Å². The van der Waals surface area contributed by atoms with Crippen molar-refractivity contribution in [3.8, 4) is 0 Å². The van der Waals surface area contributed by atoms with E-state index < -0.39 is 0 Å². The van der Waals surface area contributed by atoms with Crippen LogP contribution in [0.2, 0.25) is 0 Å². The van der Waals surface area contributed by atoms with Crippen molar-refractivity contribution < 1.29 is 4.39 Å². The minimum absolute atomic E-state index is 0.250. The molecule has 0 spiro atoms. The molecule has 2 aromatic rings. The normalized spacial score (nSPS) is 10.9. The topological polar surface area (TPSA) is 42.2 Å². The smallest absolute Gasteiger partial charge is 0.129 e. The third-order valence-electron chi connectivity index (χ3n) is 3.10. The molecule has 0 saturated carbocycles. The average molecular weight is 259 g/mol. The van der Waals surface area contributed by atoms with Gasteiger partial charge in [0.1, 0.15) is 5.82 Å². The number of hydrogen-bond acceptors (Lipinski definition) is 3. The molecule has 1 aromatic carbocycles. The Morgan fingerprint density at radius 2 is 2.00 bits per heavy atom.